The first kappa shape index (κ1) is 10.9. The van der Waals surface area contributed by atoms with E-state index in [1.807, 2.05) is 0 Å². The van der Waals surface area contributed by atoms with Gasteiger partial charge in [-0.2, -0.15) is 0 Å². The molecule has 0 spiro atoms. The van der Waals surface area contributed by atoms with Gasteiger partial charge in [0, 0.05) is 11.9 Å². The first-order chi connectivity index (χ1) is 7.68. The molecule has 2 aromatic rings. The molecule has 0 saturated carbocycles. The molecule has 1 aromatic carbocycles. The van der Waals surface area contributed by atoms with Crippen LogP contribution in [0.5, 0.6) is 11.6 Å². The number of nitrogens with two attached hydrogens (primary N) is 1. The second kappa shape index (κ2) is 4.49. The summed E-state index contributed by atoms with van der Waals surface area (Å²) in [4.78, 5) is 3.79. The molecule has 1 heterocycles. The van der Waals surface area contributed by atoms with Crippen molar-refractivity contribution in [3.05, 3.63) is 46.8 Å². The Balaban J connectivity index is 2.35. The number of nitrogen functional groups attached to an aromatic ring is 1. The summed E-state index contributed by atoms with van der Waals surface area (Å²) in [5.74, 6) is -0.164. The van der Waals surface area contributed by atoms with Gasteiger partial charge < -0.3 is 10.5 Å². The van der Waals surface area contributed by atoms with Crippen molar-refractivity contribution in [2.45, 2.75) is 0 Å². The molecule has 0 atom stereocenters. The quantitative estimate of drug-likeness (QED) is 0.860. The molecule has 16 heavy (non-hydrogen) atoms. The minimum atomic E-state index is -0.517. The third-order valence-corrected chi connectivity index (χ3v) is 2.77. The normalized spacial score (nSPS) is 10.1. The van der Waals surface area contributed by atoms with Gasteiger partial charge in [-0.1, -0.05) is 6.07 Å². The van der Waals surface area contributed by atoms with E-state index in [1.165, 1.54) is 18.3 Å². The van der Waals surface area contributed by atoms with E-state index in [-0.39, 0.29) is 5.88 Å². The lowest BCUT2D eigenvalue weighted by molar-refractivity contribution is 0.421. The van der Waals surface area contributed by atoms with E-state index >= 15 is 0 Å². The Bertz CT molecular complexity index is 519. The molecule has 3 nitrogen and oxygen atoms in total. The molecule has 82 valence electrons. The maximum absolute atomic E-state index is 13.3. The molecule has 1 aromatic heterocycles. The van der Waals surface area contributed by atoms with Crippen LogP contribution in [-0.2, 0) is 0 Å². The smallest absolute Gasteiger partial charge is 0.255 e. The number of halogens is 2. The summed E-state index contributed by atoms with van der Waals surface area (Å²) in [5.41, 5.74) is 6.19. The number of hydrogen-bond acceptors (Lipinski definition) is 3. The van der Waals surface area contributed by atoms with Crippen LogP contribution < -0.4 is 10.5 Å². The Labute approximate surface area is 100 Å². The van der Waals surface area contributed by atoms with Gasteiger partial charge in [-0.25, -0.2) is 9.37 Å². The number of pyridine rings is 1. The number of aromatic nitrogens is 1. The van der Waals surface area contributed by atoms with Gasteiger partial charge in [0.05, 0.1) is 4.47 Å². The van der Waals surface area contributed by atoms with Crippen LogP contribution >= 0.6 is 15.9 Å². The average Bonchev–Trinajstić information content (AvgIpc) is 2.28. The molecule has 0 fully saturated rings. The Morgan fingerprint density at radius 2 is 2.06 bits per heavy atom. The monoisotopic (exact) mass is 282 g/mol. The van der Waals surface area contributed by atoms with Gasteiger partial charge in [0.15, 0.2) is 5.82 Å². The van der Waals surface area contributed by atoms with Gasteiger partial charge in [0.2, 0.25) is 0 Å². The molecule has 0 aliphatic heterocycles. The van der Waals surface area contributed by atoms with E-state index in [9.17, 15) is 4.39 Å². The standard InChI is InChI=1S/C11H8BrFN2O/c12-10-8(14)4-1-5-9(10)16-11-7(13)3-2-6-15-11/h1-6H,14H2. The molecule has 0 unspecified atom stereocenters. The van der Waals surface area contributed by atoms with Crippen molar-refractivity contribution in [2.75, 3.05) is 5.73 Å². The van der Waals surface area contributed by atoms with E-state index in [4.69, 9.17) is 10.5 Å². The van der Waals surface area contributed by atoms with Crippen LogP contribution in [-0.4, -0.2) is 4.98 Å². The Morgan fingerprint density at radius 1 is 1.25 bits per heavy atom. The van der Waals surface area contributed by atoms with Crippen molar-refractivity contribution in [1.29, 1.82) is 0 Å². The lowest BCUT2D eigenvalue weighted by Gasteiger charge is -2.08. The number of hydrogen-bond donors (Lipinski definition) is 1. The topological polar surface area (TPSA) is 48.1 Å². The summed E-state index contributed by atoms with van der Waals surface area (Å²) in [6.07, 6.45) is 1.46. The minimum Gasteiger partial charge on any atom is -0.435 e. The average molecular weight is 283 g/mol. The van der Waals surface area contributed by atoms with Crippen LogP contribution in [0.25, 0.3) is 0 Å². The maximum atomic E-state index is 13.3. The zero-order valence-electron chi connectivity index (χ0n) is 8.15. The van der Waals surface area contributed by atoms with Gasteiger partial charge in [0.1, 0.15) is 5.75 Å². The fraction of sp³-hybridized carbons (Fsp3) is 0. The number of rotatable bonds is 2. The summed E-state index contributed by atoms with van der Waals surface area (Å²) < 4.78 is 19.2. The molecule has 0 aliphatic carbocycles. The third-order valence-electron chi connectivity index (χ3n) is 1.92. The molecule has 2 rings (SSSR count). The molecule has 0 saturated heterocycles. The number of ether oxygens (including phenoxy) is 1. The zero-order valence-corrected chi connectivity index (χ0v) is 9.74. The van der Waals surface area contributed by atoms with Gasteiger partial charge in [-0.05, 0) is 40.2 Å². The first-order valence-corrected chi connectivity index (χ1v) is 5.30. The highest BCUT2D eigenvalue weighted by atomic mass is 79.9. The van der Waals surface area contributed by atoms with E-state index in [0.717, 1.165) is 0 Å². The molecule has 0 aliphatic rings. The molecule has 5 heteroatoms. The fourth-order valence-electron chi connectivity index (χ4n) is 1.16. The SMILES string of the molecule is Nc1cccc(Oc2ncccc2F)c1Br. The van der Waals surface area contributed by atoms with Gasteiger partial charge in [-0.3, -0.25) is 0 Å². The highest BCUT2D eigenvalue weighted by molar-refractivity contribution is 9.10. The van der Waals surface area contributed by atoms with Crippen LogP contribution in [0, 0.1) is 5.82 Å². The van der Waals surface area contributed by atoms with Crippen molar-refractivity contribution < 1.29 is 9.13 Å². The van der Waals surface area contributed by atoms with Crippen molar-refractivity contribution in [3.63, 3.8) is 0 Å². The Morgan fingerprint density at radius 3 is 2.81 bits per heavy atom. The first-order valence-electron chi connectivity index (χ1n) is 4.51. The van der Waals surface area contributed by atoms with Gasteiger partial charge in [-0.15, -0.1) is 0 Å². The molecule has 0 radical (unpaired) electrons. The summed E-state index contributed by atoms with van der Waals surface area (Å²) in [6.45, 7) is 0. The van der Waals surface area contributed by atoms with Crippen LogP contribution in [0.1, 0.15) is 0 Å². The minimum absolute atomic E-state index is 0.0752. The van der Waals surface area contributed by atoms with Crippen LogP contribution in [0.4, 0.5) is 10.1 Å². The summed E-state index contributed by atoms with van der Waals surface area (Å²) in [7, 11) is 0. The summed E-state index contributed by atoms with van der Waals surface area (Å²) in [5, 5.41) is 0. The van der Waals surface area contributed by atoms with E-state index < -0.39 is 5.82 Å². The second-order valence-electron chi connectivity index (χ2n) is 3.05. The number of benzene rings is 1. The highest BCUT2D eigenvalue weighted by Crippen LogP contribution is 2.33. The summed E-state index contributed by atoms with van der Waals surface area (Å²) >= 11 is 3.26. The van der Waals surface area contributed by atoms with Crippen LogP contribution in [0.3, 0.4) is 0 Å². The molecular formula is C11H8BrFN2O. The zero-order chi connectivity index (χ0) is 11.5. The summed E-state index contributed by atoms with van der Waals surface area (Å²) in [6, 6.07) is 7.88. The molecule has 0 amide bonds. The van der Waals surface area contributed by atoms with Crippen molar-refractivity contribution in [2.24, 2.45) is 0 Å². The highest BCUT2D eigenvalue weighted by Gasteiger charge is 2.09. The Hall–Kier alpha value is -1.62. The van der Waals surface area contributed by atoms with Gasteiger partial charge in [0.25, 0.3) is 5.88 Å². The van der Waals surface area contributed by atoms with Crippen molar-refractivity contribution in [1.82, 2.24) is 4.98 Å². The van der Waals surface area contributed by atoms with E-state index in [0.29, 0.717) is 15.9 Å². The lowest BCUT2D eigenvalue weighted by Crippen LogP contribution is -1.94. The molecular weight excluding hydrogens is 275 g/mol. The largest absolute Gasteiger partial charge is 0.435 e. The third kappa shape index (κ3) is 2.14. The second-order valence-corrected chi connectivity index (χ2v) is 3.84. The van der Waals surface area contributed by atoms with Crippen LogP contribution in [0.15, 0.2) is 41.0 Å². The predicted molar refractivity (Wildman–Crippen MR) is 62.8 cm³/mol. The van der Waals surface area contributed by atoms with E-state index in [1.54, 1.807) is 18.2 Å². The van der Waals surface area contributed by atoms with Crippen LogP contribution in [0.2, 0.25) is 0 Å². The lowest BCUT2D eigenvalue weighted by atomic mass is 10.3. The Kier molecular flexibility index (Phi) is 3.05. The maximum Gasteiger partial charge on any atom is 0.255 e. The molecule has 2 N–H and O–H groups in total. The number of nitrogens with zero attached hydrogens (tertiary/aromatic N) is 1. The van der Waals surface area contributed by atoms with Crippen molar-refractivity contribution >= 4 is 21.6 Å². The van der Waals surface area contributed by atoms with Gasteiger partial charge >= 0.3 is 0 Å². The predicted octanol–water partition coefficient (Wildman–Crippen LogP) is 3.36. The number of anilines is 1. The fourth-order valence-corrected chi connectivity index (χ4v) is 1.50. The van der Waals surface area contributed by atoms with Crippen molar-refractivity contribution in [3.8, 4) is 11.6 Å². The molecule has 0 bridgehead atoms. The van der Waals surface area contributed by atoms with E-state index in [2.05, 4.69) is 20.9 Å².